The molecular formula is C16H25N3O3. The first kappa shape index (κ1) is 18.0. The van der Waals surface area contributed by atoms with Gasteiger partial charge in [-0.1, -0.05) is 25.5 Å². The molecule has 3 amide bonds. The van der Waals surface area contributed by atoms with Gasteiger partial charge in [0.1, 0.15) is 0 Å². The van der Waals surface area contributed by atoms with Crippen LogP contribution in [0.5, 0.6) is 0 Å². The zero-order valence-corrected chi connectivity index (χ0v) is 13.6. The van der Waals surface area contributed by atoms with Crippen LogP contribution in [0.2, 0.25) is 0 Å². The molecule has 0 radical (unpaired) electrons. The Labute approximate surface area is 131 Å². The summed E-state index contributed by atoms with van der Waals surface area (Å²) >= 11 is 0. The van der Waals surface area contributed by atoms with Crippen LogP contribution in [0.25, 0.3) is 0 Å². The predicted octanol–water partition coefficient (Wildman–Crippen LogP) is 2.74. The standard InChI is InChI=1S/C16H25N3O3/c1-5-6-13(17-15(21)18-16(2,3)4)11-7-9-12(10-8-11)14(20)19-22/h7-10,13,22H,5-6H2,1-4H3,(H,19,20)(H2,17,18,21)/t13-/m1/s1. The highest BCUT2D eigenvalue weighted by Gasteiger charge is 2.18. The number of hydrogen-bond acceptors (Lipinski definition) is 3. The summed E-state index contributed by atoms with van der Waals surface area (Å²) in [6.07, 6.45) is 1.71. The number of nitrogens with one attached hydrogen (secondary N) is 3. The minimum atomic E-state index is -0.558. The fourth-order valence-electron chi connectivity index (χ4n) is 2.08. The van der Waals surface area contributed by atoms with E-state index in [0.29, 0.717) is 5.56 Å². The molecule has 0 saturated heterocycles. The normalized spacial score (nSPS) is 12.4. The molecule has 0 bridgehead atoms. The highest BCUT2D eigenvalue weighted by Crippen LogP contribution is 2.19. The van der Waals surface area contributed by atoms with Gasteiger partial charge in [0.25, 0.3) is 5.91 Å². The third-order valence-electron chi connectivity index (χ3n) is 3.05. The highest BCUT2D eigenvalue weighted by molar-refractivity contribution is 5.93. The van der Waals surface area contributed by atoms with E-state index in [1.807, 2.05) is 27.7 Å². The number of hydrogen-bond donors (Lipinski definition) is 4. The Morgan fingerprint density at radius 1 is 1.18 bits per heavy atom. The van der Waals surface area contributed by atoms with Crippen molar-refractivity contribution < 1.29 is 14.8 Å². The van der Waals surface area contributed by atoms with Crippen LogP contribution >= 0.6 is 0 Å². The number of carbonyl (C=O) groups is 2. The lowest BCUT2D eigenvalue weighted by Crippen LogP contribution is -2.47. The largest absolute Gasteiger partial charge is 0.334 e. The maximum atomic E-state index is 12.0. The first-order valence-electron chi connectivity index (χ1n) is 7.40. The quantitative estimate of drug-likeness (QED) is 0.498. The molecule has 122 valence electrons. The minimum absolute atomic E-state index is 0.126. The van der Waals surface area contributed by atoms with Crippen LogP contribution < -0.4 is 16.1 Å². The van der Waals surface area contributed by atoms with E-state index in [1.54, 1.807) is 29.7 Å². The molecular weight excluding hydrogens is 282 g/mol. The summed E-state index contributed by atoms with van der Waals surface area (Å²) in [6, 6.07) is 6.45. The number of hydroxylamine groups is 1. The van der Waals surface area contributed by atoms with E-state index in [2.05, 4.69) is 10.6 Å². The van der Waals surface area contributed by atoms with Gasteiger partial charge in [0.15, 0.2) is 0 Å². The zero-order chi connectivity index (χ0) is 16.8. The van der Waals surface area contributed by atoms with E-state index in [0.717, 1.165) is 18.4 Å². The van der Waals surface area contributed by atoms with Crippen molar-refractivity contribution in [2.75, 3.05) is 0 Å². The van der Waals surface area contributed by atoms with E-state index in [4.69, 9.17) is 5.21 Å². The molecule has 6 nitrogen and oxygen atoms in total. The summed E-state index contributed by atoms with van der Waals surface area (Å²) in [4.78, 5) is 23.3. The number of benzene rings is 1. The Kier molecular flexibility index (Phi) is 6.37. The minimum Gasteiger partial charge on any atom is -0.334 e. The molecule has 6 heteroatoms. The van der Waals surface area contributed by atoms with Crippen LogP contribution in [0.3, 0.4) is 0 Å². The maximum absolute atomic E-state index is 12.0. The third-order valence-corrected chi connectivity index (χ3v) is 3.05. The summed E-state index contributed by atoms with van der Waals surface area (Å²) in [5.41, 5.74) is 2.57. The SMILES string of the molecule is CCC[C@@H](NC(=O)NC(C)(C)C)c1ccc(C(=O)NO)cc1. The number of amides is 3. The number of urea groups is 1. The van der Waals surface area contributed by atoms with Gasteiger partial charge >= 0.3 is 6.03 Å². The van der Waals surface area contributed by atoms with Crippen molar-refractivity contribution in [3.63, 3.8) is 0 Å². The van der Waals surface area contributed by atoms with Crippen LogP contribution in [0.4, 0.5) is 4.79 Å². The van der Waals surface area contributed by atoms with Crippen molar-refractivity contribution in [1.29, 1.82) is 0 Å². The topological polar surface area (TPSA) is 90.5 Å². The monoisotopic (exact) mass is 307 g/mol. The van der Waals surface area contributed by atoms with Gasteiger partial charge in [-0.05, 0) is 44.9 Å². The molecule has 0 aliphatic carbocycles. The summed E-state index contributed by atoms with van der Waals surface area (Å²) in [5.74, 6) is -0.558. The fraction of sp³-hybridized carbons (Fsp3) is 0.500. The van der Waals surface area contributed by atoms with Crippen molar-refractivity contribution in [2.24, 2.45) is 0 Å². The molecule has 1 rings (SSSR count). The molecule has 0 aliphatic rings. The number of carbonyl (C=O) groups excluding carboxylic acids is 2. The van der Waals surface area contributed by atoms with Crippen molar-refractivity contribution >= 4 is 11.9 Å². The molecule has 4 N–H and O–H groups in total. The Morgan fingerprint density at radius 3 is 2.23 bits per heavy atom. The van der Waals surface area contributed by atoms with Crippen LogP contribution in [0.15, 0.2) is 24.3 Å². The molecule has 0 aliphatic heterocycles. The first-order valence-corrected chi connectivity index (χ1v) is 7.40. The van der Waals surface area contributed by atoms with Gasteiger partial charge in [0, 0.05) is 11.1 Å². The molecule has 0 unspecified atom stereocenters. The van der Waals surface area contributed by atoms with E-state index in [-0.39, 0.29) is 17.6 Å². The second-order valence-corrected chi connectivity index (χ2v) is 6.25. The second-order valence-electron chi connectivity index (χ2n) is 6.25. The van der Waals surface area contributed by atoms with Gasteiger partial charge in [-0.2, -0.15) is 0 Å². The predicted molar refractivity (Wildman–Crippen MR) is 84.8 cm³/mol. The molecule has 0 saturated carbocycles. The Bertz CT molecular complexity index is 506. The highest BCUT2D eigenvalue weighted by atomic mass is 16.5. The molecule has 0 spiro atoms. The lowest BCUT2D eigenvalue weighted by Gasteiger charge is -2.24. The molecule has 0 fully saturated rings. The molecule has 22 heavy (non-hydrogen) atoms. The molecule has 1 atom stereocenters. The summed E-state index contributed by atoms with van der Waals surface area (Å²) in [6.45, 7) is 7.81. The van der Waals surface area contributed by atoms with E-state index in [9.17, 15) is 9.59 Å². The van der Waals surface area contributed by atoms with Crippen molar-refractivity contribution in [3.05, 3.63) is 35.4 Å². The average molecular weight is 307 g/mol. The summed E-state index contributed by atoms with van der Waals surface area (Å²) in [7, 11) is 0. The van der Waals surface area contributed by atoms with Crippen LogP contribution in [0, 0.1) is 0 Å². The van der Waals surface area contributed by atoms with Gasteiger partial charge < -0.3 is 10.6 Å². The molecule has 1 aromatic carbocycles. The van der Waals surface area contributed by atoms with Crippen molar-refractivity contribution in [3.8, 4) is 0 Å². The zero-order valence-electron chi connectivity index (χ0n) is 13.6. The van der Waals surface area contributed by atoms with E-state index >= 15 is 0 Å². The number of rotatable bonds is 5. The Morgan fingerprint density at radius 2 is 1.77 bits per heavy atom. The Balaban J connectivity index is 2.82. The lowest BCUT2D eigenvalue weighted by molar-refractivity contribution is 0.0706. The van der Waals surface area contributed by atoms with Crippen LogP contribution in [-0.4, -0.2) is 22.7 Å². The van der Waals surface area contributed by atoms with Crippen molar-refractivity contribution in [2.45, 2.75) is 52.1 Å². The lowest BCUT2D eigenvalue weighted by atomic mass is 10.0. The van der Waals surface area contributed by atoms with Gasteiger partial charge in [-0.3, -0.25) is 10.0 Å². The third kappa shape index (κ3) is 5.73. The fourth-order valence-corrected chi connectivity index (χ4v) is 2.08. The summed E-state index contributed by atoms with van der Waals surface area (Å²) < 4.78 is 0. The second kappa shape index (κ2) is 7.79. The van der Waals surface area contributed by atoms with Gasteiger partial charge in [0.2, 0.25) is 0 Å². The van der Waals surface area contributed by atoms with Gasteiger partial charge in [-0.25, -0.2) is 10.3 Å². The maximum Gasteiger partial charge on any atom is 0.315 e. The first-order chi connectivity index (χ1) is 10.3. The van der Waals surface area contributed by atoms with Crippen LogP contribution in [0.1, 0.15) is 62.5 Å². The van der Waals surface area contributed by atoms with Crippen LogP contribution in [-0.2, 0) is 0 Å². The Hall–Kier alpha value is -2.08. The summed E-state index contributed by atoms with van der Waals surface area (Å²) in [5, 5.41) is 14.4. The average Bonchev–Trinajstić information content (AvgIpc) is 2.44. The molecule has 1 aromatic rings. The van der Waals surface area contributed by atoms with E-state index < -0.39 is 5.91 Å². The van der Waals surface area contributed by atoms with Gasteiger partial charge in [-0.15, -0.1) is 0 Å². The van der Waals surface area contributed by atoms with Crippen molar-refractivity contribution in [1.82, 2.24) is 16.1 Å². The van der Waals surface area contributed by atoms with Gasteiger partial charge in [0.05, 0.1) is 6.04 Å². The molecule has 0 heterocycles. The molecule has 0 aromatic heterocycles. The smallest absolute Gasteiger partial charge is 0.315 e. The van der Waals surface area contributed by atoms with E-state index in [1.165, 1.54) is 0 Å².